The number of anilines is 1. The zero-order chi connectivity index (χ0) is 27.8. The largest absolute Gasteiger partial charge is 0.372 e. The first kappa shape index (κ1) is 26.4. The highest BCUT2D eigenvalue weighted by molar-refractivity contribution is 5.95. The number of benzene rings is 5. The van der Waals surface area contributed by atoms with Crippen LogP contribution in [0.15, 0.2) is 152 Å². The molecule has 0 aliphatic rings. The lowest BCUT2D eigenvalue weighted by Gasteiger charge is -2.36. The number of amides is 3. The van der Waals surface area contributed by atoms with Crippen molar-refractivity contribution in [2.45, 2.75) is 11.6 Å². The SMILES string of the molecule is O=C(Nc1ccccc1)N(NC(=O)C(O)(c1ccccc1)c1ccccc1)C(c1ccccc1)c1ccccc1. The van der Waals surface area contributed by atoms with Crippen LogP contribution in [0, 0.1) is 0 Å². The molecule has 6 heteroatoms. The van der Waals surface area contributed by atoms with E-state index in [9.17, 15) is 14.7 Å². The zero-order valence-corrected chi connectivity index (χ0v) is 21.7. The molecule has 0 fully saturated rings. The van der Waals surface area contributed by atoms with Crippen LogP contribution in [0.1, 0.15) is 28.3 Å². The van der Waals surface area contributed by atoms with Gasteiger partial charge in [0.2, 0.25) is 0 Å². The first-order valence-corrected chi connectivity index (χ1v) is 13.0. The lowest BCUT2D eigenvalue weighted by atomic mass is 9.85. The van der Waals surface area contributed by atoms with Crippen molar-refractivity contribution in [3.63, 3.8) is 0 Å². The van der Waals surface area contributed by atoms with Gasteiger partial charge in [0.05, 0.1) is 0 Å². The van der Waals surface area contributed by atoms with E-state index < -0.39 is 23.6 Å². The van der Waals surface area contributed by atoms with Gasteiger partial charge < -0.3 is 10.4 Å². The first-order valence-electron chi connectivity index (χ1n) is 13.0. The van der Waals surface area contributed by atoms with Crippen LogP contribution in [0.2, 0.25) is 0 Å². The predicted octanol–water partition coefficient (Wildman–Crippen LogP) is 6.28. The maximum atomic E-state index is 14.2. The van der Waals surface area contributed by atoms with Gasteiger partial charge in [-0.25, -0.2) is 9.80 Å². The van der Waals surface area contributed by atoms with Gasteiger partial charge in [-0.1, -0.05) is 140 Å². The Hall–Kier alpha value is -5.20. The Morgan fingerprint density at radius 1 is 0.575 bits per heavy atom. The molecule has 0 heterocycles. The van der Waals surface area contributed by atoms with Gasteiger partial charge in [0.1, 0.15) is 6.04 Å². The fourth-order valence-corrected chi connectivity index (χ4v) is 4.68. The van der Waals surface area contributed by atoms with Crippen molar-refractivity contribution >= 4 is 17.6 Å². The summed E-state index contributed by atoms with van der Waals surface area (Å²) in [6.07, 6.45) is 0. The summed E-state index contributed by atoms with van der Waals surface area (Å²) in [6.45, 7) is 0. The number of rotatable bonds is 7. The van der Waals surface area contributed by atoms with Gasteiger partial charge in [-0.15, -0.1) is 0 Å². The molecule has 0 aliphatic heterocycles. The average molecular weight is 528 g/mol. The lowest BCUT2D eigenvalue weighted by molar-refractivity contribution is -0.141. The van der Waals surface area contributed by atoms with Crippen molar-refractivity contribution in [3.05, 3.63) is 174 Å². The monoisotopic (exact) mass is 527 g/mol. The van der Waals surface area contributed by atoms with Crippen LogP contribution in [0.25, 0.3) is 0 Å². The second-order valence-electron chi connectivity index (χ2n) is 9.27. The van der Waals surface area contributed by atoms with Crippen LogP contribution in [-0.4, -0.2) is 22.1 Å². The number of hydrogen-bond acceptors (Lipinski definition) is 3. The average Bonchev–Trinajstić information content (AvgIpc) is 3.02. The Morgan fingerprint density at radius 2 is 0.950 bits per heavy atom. The highest BCUT2D eigenvalue weighted by Crippen LogP contribution is 2.32. The maximum absolute atomic E-state index is 14.2. The zero-order valence-electron chi connectivity index (χ0n) is 21.7. The minimum Gasteiger partial charge on any atom is -0.372 e. The summed E-state index contributed by atoms with van der Waals surface area (Å²) in [5.74, 6) is -0.773. The van der Waals surface area contributed by atoms with E-state index in [1.807, 2.05) is 91.0 Å². The molecule has 0 spiro atoms. The fourth-order valence-electron chi connectivity index (χ4n) is 4.68. The topological polar surface area (TPSA) is 81.7 Å². The van der Waals surface area contributed by atoms with Gasteiger partial charge in [0.25, 0.3) is 5.91 Å². The summed E-state index contributed by atoms with van der Waals surface area (Å²) in [6, 6.07) is 44.0. The van der Waals surface area contributed by atoms with Gasteiger partial charge in [-0.3, -0.25) is 10.2 Å². The molecule has 3 N–H and O–H groups in total. The van der Waals surface area contributed by atoms with Crippen molar-refractivity contribution < 1.29 is 14.7 Å². The molecule has 5 aromatic rings. The van der Waals surface area contributed by atoms with E-state index in [1.165, 1.54) is 5.01 Å². The molecular weight excluding hydrogens is 498 g/mol. The van der Waals surface area contributed by atoms with Crippen molar-refractivity contribution in [1.82, 2.24) is 10.4 Å². The Bertz CT molecular complexity index is 1450. The van der Waals surface area contributed by atoms with E-state index in [0.717, 1.165) is 11.1 Å². The summed E-state index contributed by atoms with van der Waals surface area (Å²) in [4.78, 5) is 28.2. The quantitative estimate of drug-likeness (QED) is 0.218. The molecule has 6 nitrogen and oxygen atoms in total. The van der Waals surface area contributed by atoms with Crippen LogP contribution in [0.5, 0.6) is 0 Å². The number of hydrazine groups is 1. The molecule has 0 atom stereocenters. The number of nitrogens with one attached hydrogen (secondary N) is 2. The molecular formula is C34H29N3O3. The smallest absolute Gasteiger partial charge is 0.341 e. The third-order valence-electron chi connectivity index (χ3n) is 6.67. The molecule has 3 amide bonds. The lowest BCUT2D eigenvalue weighted by Crippen LogP contribution is -2.56. The van der Waals surface area contributed by atoms with Crippen molar-refractivity contribution in [1.29, 1.82) is 0 Å². The number of aliphatic hydroxyl groups is 1. The molecule has 0 unspecified atom stereocenters. The van der Waals surface area contributed by atoms with Crippen LogP contribution in [0.4, 0.5) is 10.5 Å². The summed E-state index contributed by atoms with van der Waals surface area (Å²) in [5, 5.41) is 16.2. The Morgan fingerprint density at radius 3 is 1.38 bits per heavy atom. The maximum Gasteiger partial charge on any atom is 0.341 e. The van der Waals surface area contributed by atoms with Crippen LogP contribution in [0.3, 0.4) is 0 Å². The molecule has 0 aromatic heterocycles. The molecule has 40 heavy (non-hydrogen) atoms. The fraction of sp³-hybridized carbons (Fsp3) is 0.0588. The second-order valence-corrected chi connectivity index (χ2v) is 9.27. The molecule has 198 valence electrons. The van der Waals surface area contributed by atoms with E-state index >= 15 is 0 Å². The molecule has 0 saturated heterocycles. The van der Waals surface area contributed by atoms with Gasteiger partial charge in [0, 0.05) is 5.69 Å². The van der Waals surface area contributed by atoms with Crippen LogP contribution < -0.4 is 10.7 Å². The van der Waals surface area contributed by atoms with Gasteiger partial charge in [0.15, 0.2) is 5.60 Å². The Balaban J connectivity index is 1.61. The molecule has 0 aliphatic carbocycles. The minimum absolute atomic E-state index is 0.373. The normalized spacial score (nSPS) is 11.1. The van der Waals surface area contributed by atoms with Crippen molar-refractivity contribution in [3.8, 4) is 0 Å². The molecule has 0 saturated carbocycles. The third kappa shape index (κ3) is 5.62. The summed E-state index contributed by atoms with van der Waals surface area (Å²) in [5.41, 5.74) is 3.59. The van der Waals surface area contributed by atoms with Crippen LogP contribution >= 0.6 is 0 Å². The predicted molar refractivity (Wildman–Crippen MR) is 156 cm³/mol. The van der Waals surface area contributed by atoms with E-state index in [2.05, 4.69) is 10.7 Å². The van der Waals surface area contributed by atoms with Crippen LogP contribution in [-0.2, 0) is 10.4 Å². The third-order valence-corrected chi connectivity index (χ3v) is 6.67. The van der Waals surface area contributed by atoms with E-state index in [0.29, 0.717) is 16.8 Å². The Kier molecular flexibility index (Phi) is 7.99. The molecule has 0 radical (unpaired) electrons. The van der Waals surface area contributed by atoms with Gasteiger partial charge in [-0.05, 0) is 34.4 Å². The number of carbonyl (C=O) groups is 2. The van der Waals surface area contributed by atoms with Crippen molar-refractivity contribution in [2.75, 3.05) is 5.32 Å². The second kappa shape index (κ2) is 12.1. The van der Waals surface area contributed by atoms with Crippen molar-refractivity contribution in [2.24, 2.45) is 0 Å². The summed E-state index contributed by atoms with van der Waals surface area (Å²) < 4.78 is 0. The van der Waals surface area contributed by atoms with E-state index in [1.54, 1.807) is 60.7 Å². The van der Waals surface area contributed by atoms with Gasteiger partial charge >= 0.3 is 6.03 Å². The summed E-state index contributed by atoms with van der Waals surface area (Å²) in [7, 11) is 0. The van der Waals surface area contributed by atoms with Gasteiger partial charge in [-0.2, -0.15) is 0 Å². The molecule has 5 aromatic carbocycles. The molecule has 5 rings (SSSR count). The summed E-state index contributed by atoms with van der Waals surface area (Å²) >= 11 is 0. The van der Waals surface area contributed by atoms with E-state index in [4.69, 9.17) is 0 Å². The minimum atomic E-state index is -2.08. The Labute approximate surface area is 233 Å². The number of carbonyl (C=O) groups excluding carboxylic acids is 2. The highest BCUT2D eigenvalue weighted by Gasteiger charge is 2.42. The van der Waals surface area contributed by atoms with E-state index in [-0.39, 0.29) is 0 Å². The number of para-hydroxylation sites is 1. The number of urea groups is 1. The number of hydrogen-bond donors (Lipinski definition) is 3. The first-order chi connectivity index (χ1) is 19.6. The standard InChI is InChI=1S/C34H29N3O3/c38-32(34(40,28-20-10-3-11-21-28)29-22-12-4-13-23-29)36-37(33(39)35-30-24-14-5-15-25-30)31(26-16-6-1-7-17-26)27-18-8-2-9-19-27/h1-25,31,40H,(H,35,39)(H,36,38). The molecule has 0 bridgehead atoms. The number of nitrogens with zero attached hydrogens (tertiary/aromatic N) is 1. The highest BCUT2D eigenvalue weighted by atomic mass is 16.3.